The number of quaternary nitrogens is 1. The molecule has 56 valence electrons. The molecule has 0 heterocycles. The monoisotopic (exact) mass is 146 g/mol. The van der Waals surface area contributed by atoms with Crippen molar-refractivity contribution in [3.8, 4) is 0 Å². The number of hydrogen-bond acceptors (Lipinski definition) is 4. The molecule has 0 spiro atoms. The molecule has 0 fully saturated rings. The highest BCUT2D eigenvalue weighted by Gasteiger charge is 1.96. The van der Waals surface area contributed by atoms with Crippen molar-refractivity contribution in [2.75, 3.05) is 7.11 Å². The zero-order chi connectivity index (χ0) is 7.98. The minimum absolute atomic E-state index is 0.606. The van der Waals surface area contributed by atoms with E-state index in [1.54, 1.807) is 0 Å². The number of rotatable bonds is 2. The number of hydrogen-bond donors (Lipinski definition) is 1. The van der Waals surface area contributed by atoms with Crippen LogP contribution in [0.3, 0.4) is 0 Å². The standard InChI is InChI=1S/C5H8NO4/c1-9-4(7)2-3-5(8)10-6/h2-3H,1,6H3/q+1. The fourth-order valence-electron chi connectivity index (χ4n) is 0.252. The van der Waals surface area contributed by atoms with E-state index in [4.69, 9.17) is 0 Å². The van der Waals surface area contributed by atoms with Crippen LogP contribution in [0.1, 0.15) is 0 Å². The Labute approximate surface area is 57.4 Å². The summed E-state index contributed by atoms with van der Waals surface area (Å²) in [6.45, 7) is 0. The van der Waals surface area contributed by atoms with Gasteiger partial charge in [0.1, 0.15) is 0 Å². The minimum Gasteiger partial charge on any atom is -0.466 e. The van der Waals surface area contributed by atoms with E-state index in [-0.39, 0.29) is 0 Å². The van der Waals surface area contributed by atoms with Gasteiger partial charge < -0.3 is 4.74 Å². The van der Waals surface area contributed by atoms with E-state index in [9.17, 15) is 9.59 Å². The summed E-state index contributed by atoms with van der Waals surface area (Å²) in [6, 6.07) is 0. The van der Waals surface area contributed by atoms with Gasteiger partial charge in [-0.3, -0.25) is 4.84 Å². The van der Waals surface area contributed by atoms with Crippen molar-refractivity contribution in [2.45, 2.75) is 0 Å². The smallest absolute Gasteiger partial charge is 0.390 e. The van der Waals surface area contributed by atoms with Crippen LogP contribution in [0.15, 0.2) is 12.2 Å². The van der Waals surface area contributed by atoms with E-state index in [1.165, 1.54) is 7.11 Å². The molecule has 0 amide bonds. The first kappa shape index (κ1) is 8.64. The first-order chi connectivity index (χ1) is 4.70. The fraction of sp³-hybridized carbons (Fsp3) is 0.200. The third kappa shape index (κ3) is 3.62. The van der Waals surface area contributed by atoms with Crippen LogP contribution in [0.25, 0.3) is 0 Å². The van der Waals surface area contributed by atoms with Crippen molar-refractivity contribution in [1.82, 2.24) is 0 Å². The highest BCUT2D eigenvalue weighted by atomic mass is 16.7. The first-order valence-electron chi connectivity index (χ1n) is 2.42. The third-order valence-corrected chi connectivity index (χ3v) is 0.699. The summed E-state index contributed by atoms with van der Waals surface area (Å²) in [6.07, 6.45) is 1.88. The molecule has 0 unspecified atom stereocenters. The van der Waals surface area contributed by atoms with Crippen molar-refractivity contribution in [3.05, 3.63) is 12.2 Å². The van der Waals surface area contributed by atoms with Crippen molar-refractivity contribution in [2.24, 2.45) is 0 Å². The molecule has 0 saturated heterocycles. The molecule has 5 nitrogen and oxygen atoms in total. The molecular weight excluding hydrogens is 138 g/mol. The Bertz CT molecular complexity index is 145. The van der Waals surface area contributed by atoms with Crippen molar-refractivity contribution >= 4 is 11.9 Å². The molecule has 0 saturated carbocycles. The van der Waals surface area contributed by atoms with E-state index in [0.717, 1.165) is 12.2 Å². The molecule has 0 aromatic carbocycles. The van der Waals surface area contributed by atoms with Crippen LogP contribution in [0.2, 0.25) is 0 Å². The molecule has 3 N–H and O–H groups in total. The number of esters is 1. The highest BCUT2D eigenvalue weighted by Crippen LogP contribution is 1.78. The Morgan fingerprint density at radius 3 is 2.20 bits per heavy atom. The van der Waals surface area contributed by atoms with Crippen LogP contribution in [-0.4, -0.2) is 19.0 Å². The van der Waals surface area contributed by atoms with Gasteiger partial charge >= 0.3 is 11.9 Å². The lowest BCUT2D eigenvalue weighted by Gasteiger charge is -1.87. The average molecular weight is 146 g/mol. The Kier molecular flexibility index (Phi) is 3.90. The SMILES string of the molecule is COC(=O)C=CC(=O)O[NH3+]. The Morgan fingerprint density at radius 2 is 1.80 bits per heavy atom. The number of carbonyl (C=O) groups is 2. The molecule has 0 atom stereocenters. The number of ether oxygens (including phenoxy) is 1. The molecular formula is C5H8NO4+. The van der Waals surface area contributed by atoms with Crippen LogP contribution in [-0.2, 0) is 19.2 Å². The van der Waals surface area contributed by atoms with Crippen LogP contribution >= 0.6 is 0 Å². The van der Waals surface area contributed by atoms with Gasteiger partial charge in [-0.2, -0.15) is 5.90 Å². The van der Waals surface area contributed by atoms with E-state index < -0.39 is 11.9 Å². The van der Waals surface area contributed by atoms with E-state index in [0.29, 0.717) is 0 Å². The summed E-state index contributed by atoms with van der Waals surface area (Å²) in [5.41, 5.74) is 0. The third-order valence-electron chi connectivity index (χ3n) is 0.699. The Morgan fingerprint density at radius 1 is 1.30 bits per heavy atom. The molecule has 5 heteroatoms. The first-order valence-corrected chi connectivity index (χ1v) is 2.42. The van der Waals surface area contributed by atoms with Gasteiger partial charge in [0, 0.05) is 12.2 Å². The lowest BCUT2D eigenvalue weighted by atomic mass is 10.5. The highest BCUT2D eigenvalue weighted by molar-refractivity contribution is 5.91. The summed E-state index contributed by atoms with van der Waals surface area (Å²) < 4.78 is 4.19. The van der Waals surface area contributed by atoms with Gasteiger partial charge in [-0.25, -0.2) is 9.59 Å². The molecule has 0 radical (unpaired) electrons. The van der Waals surface area contributed by atoms with E-state index in [1.807, 2.05) is 0 Å². The van der Waals surface area contributed by atoms with Crippen LogP contribution in [0.5, 0.6) is 0 Å². The largest absolute Gasteiger partial charge is 0.466 e. The van der Waals surface area contributed by atoms with E-state index >= 15 is 0 Å². The van der Waals surface area contributed by atoms with Gasteiger partial charge in [0.15, 0.2) is 0 Å². The summed E-state index contributed by atoms with van der Waals surface area (Å²) in [7, 11) is 1.21. The quantitative estimate of drug-likeness (QED) is 0.289. The lowest BCUT2D eigenvalue weighted by molar-refractivity contribution is -0.655. The lowest BCUT2D eigenvalue weighted by Crippen LogP contribution is -2.50. The van der Waals surface area contributed by atoms with Crippen molar-refractivity contribution in [1.29, 1.82) is 0 Å². The maximum Gasteiger partial charge on any atom is 0.390 e. The van der Waals surface area contributed by atoms with Gasteiger partial charge in [-0.1, -0.05) is 0 Å². The normalized spacial score (nSPS) is 9.40. The molecule has 10 heavy (non-hydrogen) atoms. The van der Waals surface area contributed by atoms with Crippen LogP contribution < -0.4 is 5.90 Å². The maximum atomic E-state index is 10.3. The fourth-order valence-corrected chi connectivity index (χ4v) is 0.252. The van der Waals surface area contributed by atoms with Crippen molar-refractivity contribution < 1.29 is 25.1 Å². The number of methoxy groups -OCH3 is 1. The second-order valence-corrected chi connectivity index (χ2v) is 1.32. The zero-order valence-corrected chi connectivity index (χ0v) is 5.49. The van der Waals surface area contributed by atoms with Gasteiger partial charge in [-0.15, -0.1) is 0 Å². The van der Waals surface area contributed by atoms with Crippen LogP contribution in [0.4, 0.5) is 0 Å². The Balaban J connectivity index is 3.75. The van der Waals surface area contributed by atoms with Gasteiger partial charge in [0.05, 0.1) is 7.11 Å². The molecule has 0 aliphatic heterocycles. The molecule has 0 bridgehead atoms. The summed E-state index contributed by atoms with van der Waals surface area (Å²) in [5, 5.41) is 0. The molecule has 0 aromatic heterocycles. The predicted molar refractivity (Wildman–Crippen MR) is 30.1 cm³/mol. The Hall–Kier alpha value is -1.36. The second-order valence-electron chi connectivity index (χ2n) is 1.32. The molecule has 0 rings (SSSR count). The second kappa shape index (κ2) is 4.51. The van der Waals surface area contributed by atoms with E-state index in [2.05, 4.69) is 15.5 Å². The molecule has 0 aliphatic rings. The molecule has 0 aliphatic carbocycles. The zero-order valence-electron chi connectivity index (χ0n) is 5.49. The van der Waals surface area contributed by atoms with Gasteiger partial charge in [-0.05, 0) is 0 Å². The summed E-state index contributed by atoms with van der Waals surface area (Å²) >= 11 is 0. The van der Waals surface area contributed by atoms with Crippen molar-refractivity contribution in [3.63, 3.8) is 0 Å². The predicted octanol–water partition coefficient (Wildman–Crippen LogP) is -1.58. The maximum absolute atomic E-state index is 10.3. The summed E-state index contributed by atoms with van der Waals surface area (Å²) in [5.74, 6) is 1.54. The average Bonchev–Trinajstić information content (AvgIpc) is 1.99. The van der Waals surface area contributed by atoms with Gasteiger partial charge in [0.25, 0.3) is 0 Å². The van der Waals surface area contributed by atoms with Crippen LogP contribution in [0, 0.1) is 0 Å². The topological polar surface area (TPSA) is 80.2 Å². The molecule has 0 aromatic rings. The summed E-state index contributed by atoms with van der Waals surface area (Å²) in [4.78, 5) is 24.5. The number of carbonyl (C=O) groups excluding carboxylic acids is 2. The van der Waals surface area contributed by atoms with Gasteiger partial charge in [0.2, 0.25) is 0 Å². The minimum atomic E-state index is -0.689.